The minimum atomic E-state index is -5.03. The van der Waals surface area contributed by atoms with E-state index < -0.39 is 41.8 Å². The summed E-state index contributed by atoms with van der Waals surface area (Å²) in [6, 6.07) is 14.8. The fraction of sp³-hybridized carbons (Fsp3) is 0.333. The average molecular weight is 611 g/mol. The third-order valence-electron chi connectivity index (χ3n) is 6.98. The molecular formula is C30H28F6N2O5. The van der Waals surface area contributed by atoms with Crippen LogP contribution in [-0.2, 0) is 16.7 Å². The number of esters is 1. The van der Waals surface area contributed by atoms with E-state index >= 15 is 0 Å². The van der Waals surface area contributed by atoms with E-state index in [1.54, 1.807) is 12.1 Å². The molecule has 2 N–H and O–H groups in total. The number of methoxy groups -OCH3 is 1. The van der Waals surface area contributed by atoms with Crippen LogP contribution in [0.15, 0.2) is 72.8 Å². The van der Waals surface area contributed by atoms with Crippen molar-refractivity contribution < 1.29 is 50.1 Å². The monoisotopic (exact) mass is 610 g/mol. The van der Waals surface area contributed by atoms with E-state index in [1.807, 2.05) is 0 Å². The zero-order chi connectivity index (χ0) is 31.3. The van der Waals surface area contributed by atoms with Gasteiger partial charge in [0.1, 0.15) is 11.5 Å². The zero-order valence-electron chi connectivity index (χ0n) is 22.9. The van der Waals surface area contributed by atoms with Crippen molar-refractivity contribution in [2.75, 3.05) is 7.11 Å². The van der Waals surface area contributed by atoms with Gasteiger partial charge >= 0.3 is 24.7 Å². The van der Waals surface area contributed by atoms with Gasteiger partial charge in [0.05, 0.1) is 18.2 Å². The van der Waals surface area contributed by atoms with Crippen molar-refractivity contribution in [2.24, 2.45) is 0 Å². The lowest BCUT2D eigenvalue weighted by molar-refractivity contribution is -0.275. The van der Waals surface area contributed by atoms with Crippen LogP contribution in [0.3, 0.4) is 0 Å². The second kappa shape index (κ2) is 12.8. The fourth-order valence-electron chi connectivity index (χ4n) is 5.14. The predicted octanol–water partition coefficient (Wildman–Crippen LogP) is 7.00. The molecule has 0 bridgehead atoms. The maximum Gasteiger partial charge on any atom is 0.573 e. The van der Waals surface area contributed by atoms with Crippen LogP contribution in [0, 0.1) is 0 Å². The topological polar surface area (TPSA) is 85.9 Å². The van der Waals surface area contributed by atoms with Gasteiger partial charge in [0, 0.05) is 12.5 Å². The molecule has 0 saturated heterocycles. The van der Waals surface area contributed by atoms with Gasteiger partial charge in [0.2, 0.25) is 0 Å². The highest BCUT2D eigenvalue weighted by Gasteiger charge is 2.40. The Morgan fingerprint density at radius 1 is 0.791 bits per heavy atom. The van der Waals surface area contributed by atoms with Gasteiger partial charge in [-0.25, -0.2) is 9.59 Å². The van der Waals surface area contributed by atoms with Crippen LogP contribution in [0.4, 0.5) is 31.1 Å². The Hall–Kier alpha value is -4.42. The van der Waals surface area contributed by atoms with Crippen LogP contribution >= 0.6 is 0 Å². The summed E-state index contributed by atoms with van der Waals surface area (Å²) < 4.78 is 91.9. The Bertz CT molecular complexity index is 1360. The van der Waals surface area contributed by atoms with Gasteiger partial charge in [-0.05, 0) is 65.9 Å². The van der Waals surface area contributed by atoms with E-state index in [2.05, 4.69) is 20.1 Å². The van der Waals surface area contributed by atoms with Crippen molar-refractivity contribution in [2.45, 2.75) is 56.4 Å². The van der Waals surface area contributed by atoms with Crippen molar-refractivity contribution in [3.8, 4) is 11.5 Å². The van der Waals surface area contributed by atoms with Gasteiger partial charge in [-0.2, -0.15) is 0 Å². The lowest BCUT2D eigenvalue weighted by atomic mass is 9.77. The highest BCUT2D eigenvalue weighted by Crippen LogP contribution is 2.38. The Morgan fingerprint density at radius 2 is 1.30 bits per heavy atom. The van der Waals surface area contributed by atoms with E-state index in [1.165, 1.54) is 43.5 Å². The van der Waals surface area contributed by atoms with Crippen molar-refractivity contribution in [3.63, 3.8) is 0 Å². The molecule has 1 fully saturated rings. The summed E-state index contributed by atoms with van der Waals surface area (Å²) in [4.78, 5) is 25.4. The number of rotatable bonds is 9. The lowest BCUT2D eigenvalue weighted by Crippen LogP contribution is -2.53. The molecule has 2 amide bonds. The molecule has 0 atom stereocenters. The molecule has 0 heterocycles. The molecule has 0 radical (unpaired) electrons. The number of halogens is 6. The lowest BCUT2D eigenvalue weighted by Gasteiger charge is -2.37. The van der Waals surface area contributed by atoms with Gasteiger partial charge < -0.3 is 24.8 Å². The first-order valence-electron chi connectivity index (χ1n) is 13.2. The third kappa shape index (κ3) is 8.55. The van der Waals surface area contributed by atoms with E-state index in [0.29, 0.717) is 5.56 Å². The van der Waals surface area contributed by atoms with Gasteiger partial charge in [-0.15, -0.1) is 26.3 Å². The summed E-state index contributed by atoms with van der Waals surface area (Å²) in [6.07, 6.45) is -6.97. The summed E-state index contributed by atoms with van der Waals surface area (Å²) in [5.41, 5.74) is -0.886. The smallest absolute Gasteiger partial charge is 0.465 e. The minimum Gasteiger partial charge on any atom is -0.465 e. The molecule has 1 saturated carbocycles. The molecule has 3 aromatic rings. The van der Waals surface area contributed by atoms with Crippen LogP contribution in [0.2, 0.25) is 0 Å². The number of carbonyl (C=O) groups excluding carboxylic acids is 2. The molecule has 0 aliphatic heterocycles. The quantitative estimate of drug-likeness (QED) is 0.201. The number of nitrogens with one attached hydrogen (secondary N) is 2. The highest BCUT2D eigenvalue weighted by atomic mass is 19.4. The summed E-state index contributed by atoms with van der Waals surface area (Å²) >= 11 is 0. The minimum absolute atomic E-state index is 0.0806. The van der Waals surface area contributed by atoms with Crippen LogP contribution < -0.4 is 20.1 Å². The highest BCUT2D eigenvalue weighted by molar-refractivity contribution is 5.89. The maximum absolute atomic E-state index is 13.5. The van der Waals surface area contributed by atoms with Crippen LogP contribution in [0.25, 0.3) is 0 Å². The molecule has 0 aromatic heterocycles. The van der Waals surface area contributed by atoms with E-state index in [0.717, 1.165) is 49.9 Å². The third-order valence-corrected chi connectivity index (χ3v) is 6.98. The number of ether oxygens (including phenoxy) is 3. The van der Waals surface area contributed by atoms with Gasteiger partial charge in [0.25, 0.3) is 0 Å². The average Bonchev–Trinajstić information content (AvgIpc) is 3.44. The SMILES string of the molecule is COC(=O)c1ccc(CC(NC(=O)NC2CCCC2)(c2cccc(OC(F)(F)F)c2)c2cccc(OC(F)(F)F)c2)cc1. The number of amides is 2. The molecule has 0 unspecified atom stereocenters. The molecule has 230 valence electrons. The van der Waals surface area contributed by atoms with Crippen molar-refractivity contribution in [1.82, 2.24) is 10.6 Å². The molecular weight excluding hydrogens is 582 g/mol. The van der Waals surface area contributed by atoms with Gasteiger partial charge in [-0.1, -0.05) is 49.2 Å². The van der Waals surface area contributed by atoms with Crippen LogP contribution in [0.5, 0.6) is 11.5 Å². The maximum atomic E-state index is 13.5. The summed E-state index contributed by atoms with van der Waals surface area (Å²) in [6.45, 7) is 0. The van der Waals surface area contributed by atoms with Crippen molar-refractivity contribution >= 4 is 12.0 Å². The zero-order valence-corrected chi connectivity index (χ0v) is 22.9. The summed E-state index contributed by atoms with van der Waals surface area (Å²) in [7, 11) is 1.21. The van der Waals surface area contributed by atoms with E-state index in [9.17, 15) is 35.9 Å². The molecule has 1 aliphatic rings. The Kier molecular flexibility index (Phi) is 9.41. The number of alkyl halides is 6. The molecule has 13 heteroatoms. The molecule has 3 aromatic carbocycles. The first-order chi connectivity index (χ1) is 20.3. The molecule has 0 spiro atoms. The standard InChI is InChI=1S/C30H28F6N2O5/c1-41-26(39)20-14-12-19(13-15-20)18-28(38-27(40)37-23-8-2-3-9-23,21-6-4-10-24(16-21)42-29(31,32)33)22-7-5-11-25(17-22)43-30(34,35)36/h4-7,10-17,23H,2-3,8-9,18H2,1H3,(H2,37,38,40). The van der Waals surface area contributed by atoms with Gasteiger partial charge in [0.15, 0.2) is 0 Å². The Morgan fingerprint density at radius 3 is 1.77 bits per heavy atom. The number of hydrogen-bond donors (Lipinski definition) is 2. The van der Waals surface area contributed by atoms with Gasteiger partial charge in [-0.3, -0.25) is 0 Å². The van der Waals surface area contributed by atoms with Crippen LogP contribution in [0.1, 0.15) is 52.7 Å². The Labute approximate surface area is 243 Å². The number of hydrogen-bond acceptors (Lipinski definition) is 5. The summed E-state index contributed by atoms with van der Waals surface area (Å²) in [5.74, 6) is -1.81. The summed E-state index contributed by atoms with van der Waals surface area (Å²) in [5, 5.41) is 5.71. The number of carbonyl (C=O) groups is 2. The second-order valence-electron chi connectivity index (χ2n) is 10.0. The fourth-order valence-corrected chi connectivity index (χ4v) is 5.14. The largest absolute Gasteiger partial charge is 0.573 e. The normalized spacial score (nSPS) is 14.2. The molecule has 4 rings (SSSR count). The molecule has 7 nitrogen and oxygen atoms in total. The number of benzene rings is 3. The number of urea groups is 1. The second-order valence-corrected chi connectivity index (χ2v) is 10.0. The molecule has 43 heavy (non-hydrogen) atoms. The van der Waals surface area contributed by atoms with E-state index in [4.69, 9.17) is 4.74 Å². The van der Waals surface area contributed by atoms with Crippen LogP contribution in [-0.4, -0.2) is 37.9 Å². The Balaban J connectivity index is 1.88. The van der Waals surface area contributed by atoms with Crippen molar-refractivity contribution in [3.05, 3.63) is 95.1 Å². The first-order valence-corrected chi connectivity index (χ1v) is 13.2. The first kappa shape index (κ1) is 31.5. The van der Waals surface area contributed by atoms with E-state index in [-0.39, 0.29) is 29.2 Å². The van der Waals surface area contributed by atoms with Crippen molar-refractivity contribution in [1.29, 1.82) is 0 Å². The molecule has 1 aliphatic carbocycles. The predicted molar refractivity (Wildman–Crippen MR) is 142 cm³/mol.